The van der Waals surface area contributed by atoms with Crippen molar-refractivity contribution in [2.45, 2.75) is 5.92 Å². The fourth-order valence-corrected chi connectivity index (χ4v) is 4.61. The summed E-state index contributed by atoms with van der Waals surface area (Å²) in [6.45, 7) is 0. The van der Waals surface area contributed by atoms with E-state index in [1.54, 1.807) is 6.20 Å². The molecule has 29 heavy (non-hydrogen) atoms. The van der Waals surface area contributed by atoms with Crippen LogP contribution in [-0.4, -0.2) is 15.2 Å². The van der Waals surface area contributed by atoms with Crippen LogP contribution in [0.3, 0.4) is 0 Å². The SMILES string of the molecule is O=c1[nH]c2ccccc2c2c1C(c1cccc(Cl)c1)c1c(ccc3cn[nH]c13)N2. The molecule has 1 unspecified atom stereocenters. The first-order valence-electron chi connectivity index (χ1n) is 9.34. The van der Waals surface area contributed by atoms with Crippen LogP contribution in [0, 0.1) is 0 Å². The van der Waals surface area contributed by atoms with Crippen LogP contribution in [0.1, 0.15) is 22.6 Å². The lowest BCUT2D eigenvalue weighted by atomic mass is 9.80. The Morgan fingerprint density at radius 2 is 1.86 bits per heavy atom. The Bertz CT molecular complexity index is 1480. The normalized spacial score (nSPS) is 15.1. The highest BCUT2D eigenvalue weighted by Crippen LogP contribution is 2.47. The van der Waals surface area contributed by atoms with Gasteiger partial charge in [-0.1, -0.05) is 41.9 Å². The Labute approximate surface area is 170 Å². The third kappa shape index (κ3) is 2.34. The van der Waals surface area contributed by atoms with Crippen molar-refractivity contribution in [1.29, 1.82) is 0 Å². The Morgan fingerprint density at radius 1 is 0.966 bits per heavy atom. The average Bonchev–Trinajstić information content (AvgIpc) is 3.21. The van der Waals surface area contributed by atoms with E-state index in [4.69, 9.17) is 11.6 Å². The molecule has 0 saturated carbocycles. The topological polar surface area (TPSA) is 73.6 Å². The van der Waals surface area contributed by atoms with Crippen molar-refractivity contribution < 1.29 is 0 Å². The molecular formula is C23H15ClN4O. The number of fused-ring (bicyclic) bond motifs is 6. The summed E-state index contributed by atoms with van der Waals surface area (Å²) in [4.78, 5) is 16.3. The Kier molecular flexibility index (Phi) is 3.37. The monoisotopic (exact) mass is 398 g/mol. The number of anilines is 2. The quantitative estimate of drug-likeness (QED) is 0.352. The molecular weight excluding hydrogens is 384 g/mol. The Morgan fingerprint density at radius 3 is 2.76 bits per heavy atom. The van der Waals surface area contributed by atoms with Crippen molar-refractivity contribution >= 4 is 44.8 Å². The molecule has 0 bridgehead atoms. The summed E-state index contributed by atoms with van der Waals surface area (Å²) in [6.07, 6.45) is 1.80. The van der Waals surface area contributed by atoms with Gasteiger partial charge >= 0.3 is 0 Å². The van der Waals surface area contributed by atoms with Crippen molar-refractivity contribution in [1.82, 2.24) is 15.2 Å². The van der Waals surface area contributed by atoms with Crippen molar-refractivity contribution in [3.8, 4) is 0 Å². The van der Waals surface area contributed by atoms with Gasteiger partial charge < -0.3 is 10.3 Å². The Balaban J connectivity index is 1.77. The number of halogens is 1. The van der Waals surface area contributed by atoms with E-state index in [1.807, 2.05) is 60.7 Å². The molecule has 3 aromatic carbocycles. The molecule has 0 saturated heterocycles. The molecule has 0 aliphatic carbocycles. The van der Waals surface area contributed by atoms with Gasteiger partial charge in [0.2, 0.25) is 0 Å². The largest absolute Gasteiger partial charge is 0.354 e. The standard InChI is InChI=1S/C23H15ClN4O/c24-14-5-3-4-12(10-14)18-19-17(9-8-13-11-25-28-21(13)19)26-22-15-6-1-2-7-16(15)27-23(29)20(18)22/h1-11,18,26H,(H,25,28)(H,27,29). The van der Waals surface area contributed by atoms with E-state index < -0.39 is 0 Å². The smallest absolute Gasteiger partial charge is 0.254 e. The molecule has 1 aliphatic rings. The third-order valence-electron chi connectivity index (χ3n) is 5.64. The highest BCUT2D eigenvalue weighted by atomic mass is 35.5. The van der Waals surface area contributed by atoms with Gasteiger partial charge in [0.1, 0.15) is 0 Å². The van der Waals surface area contributed by atoms with Gasteiger partial charge in [-0.3, -0.25) is 9.89 Å². The number of pyridine rings is 1. The summed E-state index contributed by atoms with van der Waals surface area (Å²) in [7, 11) is 0. The number of para-hydroxylation sites is 1. The van der Waals surface area contributed by atoms with Gasteiger partial charge in [-0.2, -0.15) is 5.10 Å². The fourth-order valence-electron chi connectivity index (χ4n) is 4.41. The molecule has 140 valence electrons. The predicted octanol–water partition coefficient (Wildman–Crippen LogP) is 5.30. The second kappa shape index (κ2) is 5.96. The second-order valence-electron chi connectivity index (χ2n) is 7.26. The first-order valence-corrected chi connectivity index (χ1v) is 9.72. The zero-order valence-corrected chi connectivity index (χ0v) is 15.9. The summed E-state index contributed by atoms with van der Waals surface area (Å²) in [6, 6.07) is 19.6. The van der Waals surface area contributed by atoms with Gasteiger partial charge in [0.25, 0.3) is 5.56 Å². The third-order valence-corrected chi connectivity index (χ3v) is 5.87. The number of H-pyrrole nitrogens is 2. The molecule has 0 spiro atoms. The number of nitrogens with one attached hydrogen (secondary N) is 3. The number of nitrogens with zero attached hydrogens (tertiary/aromatic N) is 1. The van der Waals surface area contributed by atoms with E-state index in [9.17, 15) is 4.79 Å². The summed E-state index contributed by atoms with van der Waals surface area (Å²) in [5.41, 5.74) is 6.03. The van der Waals surface area contributed by atoms with Crippen LogP contribution in [0.2, 0.25) is 5.02 Å². The maximum atomic E-state index is 13.3. The summed E-state index contributed by atoms with van der Waals surface area (Å²) >= 11 is 6.33. The molecule has 1 atom stereocenters. The maximum Gasteiger partial charge on any atom is 0.254 e. The fraction of sp³-hybridized carbons (Fsp3) is 0.0435. The van der Waals surface area contributed by atoms with Crippen LogP contribution in [0.25, 0.3) is 21.8 Å². The predicted molar refractivity (Wildman–Crippen MR) is 116 cm³/mol. The van der Waals surface area contributed by atoms with E-state index in [0.29, 0.717) is 10.6 Å². The number of hydrogen-bond acceptors (Lipinski definition) is 3. The number of hydrogen-bond donors (Lipinski definition) is 3. The number of benzene rings is 3. The van der Waals surface area contributed by atoms with Crippen molar-refractivity contribution in [3.05, 3.63) is 98.9 Å². The minimum atomic E-state index is -0.280. The molecule has 3 N–H and O–H groups in total. The summed E-state index contributed by atoms with van der Waals surface area (Å²) in [5.74, 6) is -0.280. The number of aromatic amines is 2. The highest BCUT2D eigenvalue weighted by Gasteiger charge is 2.33. The van der Waals surface area contributed by atoms with E-state index in [1.165, 1.54) is 0 Å². The maximum absolute atomic E-state index is 13.3. The van der Waals surface area contributed by atoms with Crippen LogP contribution in [-0.2, 0) is 0 Å². The van der Waals surface area contributed by atoms with E-state index in [-0.39, 0.29) is 11.5 Å². The number of aromatic nitrogens is 3. The van der Waals surface area contributed by atoms with Crippen LogP contribution in [0.4, 0.5) is 11.4 Å². The molecule has 0 amide bonds. The van der Waals surface area contributed by atoms with E-state index in [0.717, 1.165) is 44.3 Å². The van der Waals surface area contributed by atoms with Gasteiger partial charge in [0.15, 0.2) is 0 Å². The van der Waals surface area contributed by atoms with Crippen molar-refractivity contribution in [2.75, 3.05) is 5.32 Å². The van der Waals surface area contributed by atoms with Crippen LogP contribution >= 0.6 is 11.6 Å². The minimum absolute atomic E-state index is 0.113. The van der Waals surface area contributed by atoms with Gasteiger partial charge in [-0.05, 0) is 35.9 Å². The highest BCUT2D eigenvalue weighted by molar-refractivity contribution is 6.30. The van der Waals surface area contributed by atoms with Crippen LogP contribution in [0.5, 0.6) is 0 Å². The molecule has 1 aliphatic heterocycles. The lowest BCUT2D eigenvalue weighted by molar-refractivity contribution is 0.942. The Hall–Kier alpha value is -3.57. The van der Waals surface area contributed by atoms with E-state index in [2.05, 4.69) is 20.5 Å². The molecule has 6 heteroatoms. The number of rotatable bonds is 1. The van der Waals surface area contributed by atoms with Crippen LogP contribution < -0.4 is 10.9 Å². The molecule has 0 fully saturated rings. The van der Waals surface area contributed by atoms with Crippen LogP contribution in [0.15, 0.2) is 71.7 Å². The molecule has 5 aromatic rings. The zero-order valence-electron chi connectivity index (χ0n) is 15.2. The first kappa shape index (κ1) is 16.4. The van der Waals surface area contributed by atoms with Gasteiger partial charge in [0.05, 0.1) is 28.5 Å². The van der Waals surface area contributed by atoms with Crippen molar-refractivity contribution in [2.24, 2.45) is 0 Å². The molecule has 6 rings (SSSR count). The van der Waals surface area contributed by atoms with Gasteiger partial charge in [-0.25, -0.2) is 0 Å². The second-order valence-corrected chi connectivity index (χ2v) is 7.70. The molecule has 3 heterocycles. The first-order chi connectivity index (χ1) is 14.2. The van der Waals surface area contributed by atoms with Gasteiger partial charge in [0, 0.05) is 33.0 Å². The summed E-state index contributed by atoms with van der Waals surface area (Å²) in [5, 5.41) is 13.5. The van der Waals surface area contributed by atoms with E-state index >= 15 is 0 Å². The molecule has 5 nitrogen and oxygen atoms in total. The zero-order chi connectivity index (χ0) is 19.5. The lowest BCUT2D eigenvalue weighted by Crippen LogP contribution is -2.25. The lowest BCUT2D eigenvalue weighted by Gasteiger charge is -2.30. The summed E-state index contributed by atoms with van der Waals surface area (Å²) < 4.78 is 0. The van der Waals surface area contributed by atoms with Crippen molar-refractivity contribution in [3.63, 3.8) is 0 Å². The van der Waals surface area contributed by atoms with Gasteiger partial charge in [-0.15, -0.1) is 0 Å². The minimum Gasteiger partial charge on any atom is -0.354 e. The average molecular weight is 399 g/mol. The molecule has 0 radical (unpaired) electrons. The molecule has 2 aromatic heterocycles.